The van der Waals surface area contributed by atoms with Crippen molar-refractivity contribution in [3.8, 4) is 6.07 Å². The second kappa shape index (κ2) is 5.99. The van der Waals surface area contributed by atoms with Crippen molar-refractivity contribution < 1.29 is 14.6 Å². The molecule has 0 saturated carbocycles. The average molecular weight is 271 g/mol. The van der Waals surface area contributed by atoms with Crippen molar-refractivity contribution in [3.05, 3.63) is 53.1 Å². The summed E-state index contributed by atoms with van der Waals surface area (Å²) >= 11 is 0. The molecule has 0 radical (unpaired) electrons. The summed E-state index contributed by atoms with van der Waals surface area (Å²) in [7, 11) is 0. The third-order valence-electron chi connectivity index (χ3n) is 3.02. The standard InChI is InChI=1S/C14H13N3O3/c1-9-13(17-7-16-9)12(14(19)20-8-18)11-4-2-3-10(5-11)6-15/h2-5,7-8,12,14,19H,1H3,(H,16,17). The first-order valence-electron chi connectivity index (χ1n) is 5.94. The SMILES string of the molecule is Cc1[nH]cnc1C(c1cccc(C#N)c1)C(O)OC=O. The fourth-order valence-electron chi connectivity index (χ4n) is 2.08. The molecular formula is C14H13N3O3. The summed E-state index contributed by atoms with van der Waals surface area (Å²) in [5.74, 6) is -0.653. The highest BCUT2D eigenvalue weighted by Crippen LogP contribution is 2.29. The van der Waals surface area contributed by atoms with E-state index in [2.05, 4.69) is 14.7 Å². The minimum Gasteiger partial charge on any atom is -0.437 e. The van der Waals surface area contributed by atoms with E-state index in [0.29, 0.717) is 16.8 Å². The second-order valence-corrected chi connectivity index (χ2v) is 4.25. The number of nitrogens with one attached hydrogen (secondary N) is 1. The van der Waals surface area contributed by atoms with Gasteiger partial charge in [-0.3, -0.25) is 4.79 Å². The zero-order chi connectivity index (χ0) is 14.5. The van der Waals surface area contributed by atoms with Crippen LogP contribution in [0.25, 0.3) is 0 Å². The maximum Gasteiger partial charge on any atom is 0.295 e. The molecular weight excluding hydrogens is 258 g/mol. The van der Waals surface area contributed by atoms with Crippen LogP contribution in [0.15, 0.2) is 30.6 Å². The lowest BCUT2D eigenvalue weighted by atomic mass is 9.92. The minimum absolute atomic E-state index is 0.188. The maximum absolute atomic E-state index is 10.5. The van der Waals surface area contributed by atoms with Crippen molar-refractivity contribution in [1.82, 2.24) is 9.97 Å². The Kier molecular flexibility index (Phi) is 4.13. The molecule has 2 atom stereocenters. The number of H-pyrrole nitrogens is 1. The van der Waals surface area contributed by atoms with E-state index in [-0.39, 0.29) is 6.47 Å². The normalized spacial score (nSPS) is 13.2. The van der Waals surface area contributed by atoms with E-state index in [1.807, 2.05) is 6.07 Å². The van der Waals surface area contributed by atoms with Crippen LogP contribution in [0.3, 0.4) is 0 Å². The number of aromatic nitrogens is 2. The Morgan fingerprint density at radius 1 is 1.55 bits per heavy atom. The van der Waals surface area contributed by atoms with Crippen LogP contribution in [-0.2, 0) is 9.53 Å². The zero-order valence-corrected chi connectivity index (χ0v) is 10.8. The van der Waals surface area contributed by atoms with Gasteiger partial charge in [0.25, 0.3) is 6.47 Å². The number of hydrogen-bond donors (Lipinski definition) is 2. The van der Waals surface area contributed by atoms with E-state index in [9.17, 15) is 9.90 Å². The first kappa shape index (κ1) is 13.8. The number of carbonyl (C=O) groups excluding carboxylic acids is 1. The highest BCUT2D eigenvalue weighted by atomic mass is 16.6. The van der Waals surface area contributed by atoms with Crippen LogP contribution in [0.1, 0.15) is 28.4 Å². The highest BCUT2D eigenvalue weighted by molar-refractivity contribution is 5.41. The van der Waals surface area contributed by atoms with Crippen LogP contribution in [0, 0.1) is 18.3 Å². The fourth-order valence-corrected chi connectivity index (χ4v) is 2.08. The molecule has 0 bridgehead atoms. The van der Waals surface area contributed by atoms with Crippen molar-refractivity contribution in [2.45, 2.75) is 19.1 Å². The first-order chi connectivity index (χ1) is 9.67. The number of ether oxygens (including phenoxy) is 1. The van der Waals surface area contributed by atoms with Crippen LogP contribution in [0.4, 0.5) is 0 Å². The van der Waals surface area contributed by atoms with Gasteiger partial charge in [0, 0.05) is 5.69 Å². The van der Waals surface area contributed by atoms with E-state index < -0.39 is 12.2 Å². The van der Waals surface area contributed by atoms with Crippen LogP contribution >= 0.6 is 0 Å². The Balaban J connectivity index is 2.48. The van der Waals surface area contributed by atoms with Crippen LogP contribution < -0.4 is 0 Å². The van der Waals surface area contributed by atoms with E-state index in [4.69, 9.17) is 5.26 Å². The largest absolute Gasteiger partial charge is 0.437 e. The Bertz CT molecular complexity index is 645. The predicted molar refractivity (Wildman–Crippen MR) is 69.5 cm³/mol. The monoisotopic (exact) mass is 271 g/mol. The number of nitriles is 1. The molecule has 0 aliphatic heterocycles. The smallest absolute Gasteiger partial charge is 0.295 e. The third-order valence-corrected chi connectivity index (χ3v) is 3.02. The van der Waals surface area contributed by atoms with Gasteiger partial charge in [-0.05, 0) is 24.6 Å². The van der Waals surface area contributed by atoms with Crippen molar-refractivity contribution in [2.24, 2.45) is 0 Å². The molecule has 1 heterocycles. The number of imidazole rings is 1. The molecule has 1 aromatic carbocycles. The third kappa shape index (κ3) is 2.68. The lowest BCUT2D eigenvalue weighted by molar-refractivity contribution is -0.153. The predicted octanol–water partition coefficient (Wildman–Crippen LogP) is 1.21. The summed E-state index contributed by atoms with van der Waals surface area (Å²) in [5.41, 5.74) is 2.42. The molecule has 0 aliphatic rings. The Morgan fingerprint density at radius 2 is 2.35 bits per heavy atom. The van der Waals surface area contributed by atoms with Crippen LogP contribution in [-0.4, -0.2) is 27.8 Å². The number of carbonyl (C=O) groups is 1. The van der Waals surface area contributed by atoms with Gasteiger partial charge < -0.3 is 14.8 Å². The number of hydrogen-bond acceptors (Lipinski definition) is 5. The maximum atomic E-state index is 10.5. The summed E-state index contributed by atoms with van der Waals surface area (Å²) < 4.78 is 4.65. The second-order valence-electron chi connectivity index (χ2n) is 4.25. The molecule has 2 unspecified atom stereocenters. The summed E-state index contributed by atoms with van der Waals surface area (Å²) in [5, 5.41) is 19.0. The van der Waals surface area contributed by atoms with Crippen LogP contribution in [0.2, 0.25) is 0 Å². The van der Waals surface area contributed by atoms with E-state index in [1.54, 1.807) is 31.2 Å². The summed E-state index contributed by atoms with van der Waals surface area (Å²) in [4.78, 5) is 17.5. The molecule has 0 spiro atoms. The Hall–Kier alpha value is -2.65. The number of aliphatic hydroxyl groups excluding tert-OH is 1. The Labute approximate surface area is 115 Å². The number of aliphatic hydroxyl groups is 1. The van der Waals surface area contributed by atoms with Gasteiger partial charge in [-0.15, -0.1) is 0 Å². The minimum atomic E-state index is -1.37. The van der Waals surface area contributed by atoms with Crippen molar-refractivity contribution in [3.63, 3.8) is 0 Å². The summed E-state index contributed by atoms with van der Waals surface area (Å²) in [6.45, 7) is 1.99. The molecule has 2 rings (SSSR count). The molecule has 6 nitrogen and oxygen atoms in total. The molecule has 6 heteroatoms. The van der Waals surface area contributed by atoms with Crippen molar-refractivity contribution in [1.29, 1.82) is 5.26 Å². The van der Waals surface area contributed by atoms with E-state index in [1.165, 1.54) is 6.33 Å². The van der Waals surface area contributed by atoms with Gasteiger partial charge in [-0.25, -0.2) is 4.98 Å². The molecule has 20 heavy (non-hydrogen) atoms. The number of nitrogens with zero attached hydrogens (tertiary/aromatic N) is 2. The molecule has 0 saturated heterocycles. The molecule has 0 amide bonds. The number of benzene rings is 1. The topological polar surface area (TPSA) is 99.0 Å². The van der Waals surface area contributed by atoms with Gasteiger partial charge in [0.1, 0.15) is 0 Å². The van der Waals surface area contributed by atoms with Gasteiger partial charge in [-0.2, -0.15) is 5.26 Å². The number of rotatable bonds is 5. The lowest BCUT2D eigenvalue weighted by Gasteiger charge is -2.21. The van der Waals surface area contributed by atoms with Gasteiger partial charge in [-0.1, -0.05) is 12.1 Å². The number of aromatic amines is 1. The van der Waals surface area contributed by atoms with E-state index >= 15 is 0 Å². The average Bonchev–Trinajstić information content (AvgIpc) is 2.86. The molecule has 0 fully saturated rings. The molecule has 102 valence electrons. The number of aryl methyl sites for hydroxylation is 1. The van der Waals surface area contributed by atoms with Crippen molar-refractivity contribution in [2.75, 3.05) is 0 Å². The highest BCUT2D eigenvalue weighted by Gasteiger charge is 2.28. The van der Waals surface area contributed by atoms with Crippen LogP contribution in [0.5, 0.6) is 0 Å². The fraction of sp³-hybridized carbons (Fsp3) is 0.214. The lowest BCUT2D eigenvalue weighted by Crippen LogP contribution is -2.23. The Morgan fingerprint density at radius 3 is 2.95 bits per heavy atom. The van der Waals surface area contributed by atoms with E-state index in [0.717, 1.165) is 5.69 Å². The van der Waals surface area contributed by atoms with Crippen molar-refractivity contribution >= 4 is 6.47 Å². The van der Waals surface area contributed by atoms with Gasteiger partial charge in [0.15, 0.2) is 0 Å². The quantitative estimate of drug-likeness (QED) is 0.629. The molecule has 2 N–H and O–H groups in total. The van der Waals surface area contributed by atoms with Gasteiger partial charge >= 0.3 is 0 Å². The first-order valence-corrected chi connectivity index (χ1v) is 5.94. The van der Waals surface area contributed by atoms with Gasteiger partial charge in [0.2, 0.25) is 6.29 Å². The molecule has 0 aliphatic carbocycles. The molecule has 1 aromatic heterocycles. The summed E-state index contributed by atoms with van der Waals surface area (Å²) in [6.07, 6.45) is 0.128. The van der Waals surface area contributed by atoms with Gasteiger partial charge in [0.05, 0.1) is 29.6 Å². The summed E-state index contributed by atoms with van der Waals surface area (Å²) in [6, 6.07) is 8.78. The zero-order valence-electron chi connectivity index (χ0n) is 10.8. The molecule has 2 aromatic rings.